The molecule has 1 aliphatic carbocycles. The molecule has 1 aliphatic rings. The number of anilines is 5. The fourth-order valence-electron chi connectivity index (χ4n) is 9.29. The Balaban J connectivity index is 0.939. The quantitative estimate of drug-likeness (QED) is 0.136. The maximum Gasteiger partial charge on any atom is 0.0540 e. The van der Waals surface area contributed by atoms with Crippen molar-refractivity contribution in [1.82, 2.24) is 0 Å². The first kappa shape index (κ1) is 38.7. The molecule has 0 unspecified atom stereocenters. The van der Waals surface area contributed by atoms with Crippen LogP contribution in [0, 0.1) is 0 Å². The number of nitrogens with zero attached hydrogens (tertiary/aromatic N) is 2. The first-order valence-electron chi connectivity index (χ1n) is 22.2. The molecular weight excluding hydrogens is 773 g/mol. The Morgan fingerprint density at radius 1 is 0.297 bits per heavy atom. The third-order valence-corrected chi connectivity index (χ3v) is 12.5. The van der Waals surface area contributed by atoms with Crippen LogP contribution in [0.5, 0.6) is 0 Å². The molecule has 304 valence electrons. The summed E-state index contributed by atoms with van der Waals surface area (Å²) in [6.07, 6.45) is 9.00. The number of rotatable bonds is 10. The molecule has 2 nitrogen and oxygen atoms in total. The first-order valence-corrected chi connectivity index (χ1v) is 22.2. The highest BCUT2D eigenvalue weighted by Crippen LogP contribution is 2.44. The van der Waals surface area contributed by atoms with Crippen LogP contribution < -0.4 is 9.80 Å². The van der Waals surface area contributed by atoms with Gasteiger partial charge in [-0.15, -0.1) is 0 Å². The minimum absolute atomic E-state index is 1.02. The molecule has 0 amide bonds. The minimum Gasteiger partial charge on any atom is -0.310 e. The summed E-state index contributed by atoms with van der Waals surface area (Å²) >= 11 is 0. The van der Waals surface area contributed by atoms with E-state index in [1.54, 1.807) is 0 Å². The van der Waals surface area contributed by atoms with E-state index in [-0.39, 0.29) is 0 Å². The summed E-state index contributed by atoms with van der Waals surface area (Å²) in [5, 5.41) is 5.02. The number of hydrogen-bond acceptors (Lipinski definition) is 2. The van der Waals surface area contributed by atoms with E-state index in [1.807, 2.05) is 0 Å². The van der Waals surface area contributed by atoms with Gasteiger partial charge in [-0.3, -0.25) is 0 Å². The Bertz CT molecular complexity index is 3300. The van der Waals surface area contributed by atoms with E-state index < -0.39 is 0 Å². The molecule has 2 heteroatoms. The lowest BCUT2D eigenvalue weighted by Gasteiger charge is -2.30. The van der Waals surface area contributed by atoms with Gasteiger partial charge >= 0.3 is 0 Å². The zero-order valence-electron chi connectivity index (χ0n) is 35.6. The Hall–Kier alpha value is -8.20. The van der Waals surface area contributed by atoms with Crippen molar-refractivity contribution >= 4 is 50.0 Å². The highest BCUT2D eigenvalue weighted by Gasteiger charge is 2.21. The summed E-state index contributed by atoms with van der Waals surface area (Å²) in [5.74, 6) is 0. The van der Waals surface area contributed by atoms with Crippen LogP contribution in [0.25, 0.3) is 66.1 Å². The van der Waals surface area contributed by atoms with E-state index in [0.29, 0.717) is 0 Å². The van der Waals surface area contributed by atoms with Gasteiger partial charge in [-0.1, -0.05) is 194 Å². The largest absolute Gasteiger partial charge is 0.310 e. The molecule has 0 fully saturated rings. The summed E-state index contributed by atoms with van der Waals surface area (Å²) in [6, 6.07) is 85.9. The van der Waals surface area contributed by atoms with Crippen molar-refractivity contribution in [3.05, 3.63) is 261 Å². The molecule has 0 heterocycles. The van der Waals surface area contributed by atoms with E-state index in [2.05, 4.69) is 265 Å². The lowest BCUT2D eigenvalue weighted by Crippen LogP contribution is -2.17. The highest BCUT2D eigenvalue weighted by molar-refractivity contribution is 5.97. The van der Waals surface area contributed by atoms with Gasteiger partial charge in [0, 0.05) is 33.9 Å². The van der Waals surface area contributed by atoms with Crippen LogP contribution in [0.1, 0.15) is 12.8 Å². The van der Waals surface area contributed by atoms with Gasteiger partial charge in [-0.25, -0.2) is 0 Å². The SMILES string of the molecule is C1=CC(N(c2ccc(-c3ccc4ccccc4c3)cc2)c2ccccc2-c2ccc(-c3ccccc3N(c3ccccc3)c3ccc(-c4cccc5ccccc45)cc3)cc2)=CCC1. The van der Waals surface area contributed by atoms with E-state index in [9.17, 15) is 0 Å². The Kier molecular flexibility index (Phi) is 10.5. The molecule has 0 N–H and O–H groups in total. The van der Waals surface area contributed by atoms with Crippen molar-refractivity contribution in [2.24, 2.45) is 0 Å². The van der Waals surface area contributed by atoms with Crippen LogP contribution in [-0.2, 0) is 0 Å². The van der Waals surface area contributed by atoms with E-state index in [1.165, 1.54) is 60.6 Å². The predicted molar refractivity (Wildman–Crippen MR) is 273 cm³/mol. The summed E-state index contributed by atoms with van der Waals surface area (Å²) < 4.78 is 0. The maximum atomic E-state index is 2.42. The van der Waals surface area contributed by atoms with Gasteiger partial charge in [-0.2, -0.15) is 0 Å². The normalized spacial score (nSPS) is 12.3. The van der Waals surface area contributed by atoms with E-state index in [0.717, 1.165) is 52.4 Å². The zero-order valence-corrected chi connectivity index (χ0v) is 35.6. The fourth-order valence-corrected chi connectivity index (χ4v) is 9.29. The maximum absolute atomic E-state index is 2.42. The molecule has 0 bridgehead atoms. The summed E-state index contributed by atoms with van der Waals surface area (Å²) in [7, 11) is 0. The molecule has 0 radical (unpaired) electrons. The van der Waals surface area contributed by atoms with Gasteiger partial charge in [0.15, 0.2) is 0 Å². The van der Waals surface area contributed by atoms with Crippen molar-refractivity contribution in [1.29, 1.82) is 0 Å². The van der Waals surface area contributed by atoms with Gasteiger partial charge < -0.3 is 9.80 Å². The molecule has 0 spiro atoms. The van der Waals surface area contributed by atoms with Gasteiger partial charge in [-0.05, 0) is 128 Å². The van der Waals surface area contributed by atoms with Crippen LogP contribution >= 0.6 is 0 Å². The molecule has 0 aromatic heterocycles. The van der Waals surface area contributed by atoms with Crippen molar-refractivity contribution < 1.29 is 0 Å². The monoisotopic (exact) mass is 818 g/mol. The molecule has 0 atom stereocenters. The van der Waals surface area contributed by atoms with Crippen LogP contribution in [0.3, 0.4) is 0 Å². The van der Waals surface area contributed by atoms with Crippen molar-refractivity contribution in [3.63, 3.8) is 0 Å². The topological polar surface area (TPSA) is 6.48 Å². The average Bonchev–Trinajstić information content (AvgIpc) is 3.38. The first-order chi connectivity index (χ1) is 31.7. The summed E-state index contributed by atoms with van der Waals surface area (Å²) in [4.78, 5) is 4.79. The molecule has 0 aliphatic heterocycles. The Morgan fingerprint density at radius 3 is 1.47 bits per heavy atom. The number of para-hydroxylation sites is 3. The summed E-state index contributed by atoms with van der Waals surface area (Å²) in [5.41, 5.74) is 16.3. The highest BCUT2D eigenvalue weighted by atomic mass is 15.2. The lowest BCUT2D eigenvalue weighted by atomic mass is 9.96. The summed E-state index contributed by atoms with van der Waals surface area (Å²) in [6.45, 7) is 0. The third-order valence-electron chi connectivity index (χ3n) is 12.5. The molecule has 0 saturated heterocycles. The second-order valence-electron chi connectivity index (χ2n) is 16.4. The number of allylic oxidation sites excluding steroid dienone is 3. The van der Waals surface area contributed by atoms with Crippen molar-refractivity contribution in [3.8, 4) is 44.5 Å². The van der Waals surface area contributed by atoms with Crippen LogP contribution in [0.2, 0.25) is 0 Å². The van der Waals surface area contributed by atoms with Crippen LogP contribution in [-0.4, -0.2) is 0 Å². The smallest absolute Gasteiger partial charge is 0.0540 e. The second-order valence-corrected chi connectivity index (χ2v) is 16.4. The number of benzene rings is 10. The number of fused-ring (bicyclic) bond motifs is 2. The third kappa shape index (κ3) is 7.57. The predicted octanol–water partition coefficient (Wildman–Crippen LogP) is 17.5. The van der Waals surface area contributed by atoms with Crippen LogP contribution in [0.15, 0.2) is 261 Å². The molecule has 64 heavy (non-hydrogen) atoms. The van der Waals surface area contributed by atoms with Gasteiger partial charge in [0.1, 0.15) is 0 Å². The van der Waals surface area contributed by atoms with Crippen LogP contribution in [0.4, 0.5) is 28.4 Å². The Labute approximate surface area is 376 Å². The molecule has 10 aromatic rings. The van der Waals surface area contributed by atoms with Gasteiger partial charge in [0.2, 0.25) is 0 Å². The standard InChI is InChI=1S/C62H46N2/c1-3-20-53(21-4-1)63(55-40-36-46(37-41-55)52-35-30-45-16-7-8-18-51(45)44-52)61-28-13-11-25-59(61)49-31-33-50(34-32-49)60-26-12-14-29-62(60)64(54-22-5-2-6-23-54)56-42-38-48(39-43-56)58-27-15-19-47-17-9-10-24-57(47)58/h2-3,5-44H,1,4H2. The lowest BCUT2D eigenvalue weighted by molar-refractivity contribution is 0.997. The van der Waals surface area contributed by atoms with Crippen molar-refractivity contribution in [2.75, 3.05) is 9.80 Å². The van der Waals surface area contributed by atoms with E-state index >= 15 is 0 Å². The average molecular weight is 819 g/mol. The molecule has 11 rings (SSSR count). The minimum atomic E-state index is 1.02. The Morgan fingerprint density at radius 2 is 0.781 bits per heavy atom. The van der Waals surface area contributed by atoms with Crippen molar-refractivity contribution in [2.45, 2.75) is 12.8 Å². The fraction of sp³-hybridized carbons (Fsp3) is 0.0323. The number of hydrogen-bond donors (Lipinski definition) is 0. The molecular formula is C62H46N2. The second kappa shape index (κ2) is 17.3. The van der Waals surface area contributed by atoms with E-state index in [4.69, 9.17) is 0 Å². The van der Waals surface area contributed by atoms with Gasteiger partial charge in [0.25, 0.3) is 0 Å². The zero-order chi connectivity index (χ0) is 42.7. The van der Waals surface area contributed by atoms with Gasteiger partial charge in [0.05, 0.1) is 11.4 Å². The molecule has 10 aromatic carbocycles. The molecule has 0 saturated carbocycles.